The Morgan fingerprint density at radius 3 is 2.63 bits per heavy atom. The largest absolute Gasteiger partial charge is 0.492 e. The first kappa shape index (κ1) is 13.4. The van der Waals surface area contributed by atoms with E-state index in [2.05, 4.69) is 0 Å². The minimum absolute atomic E-state index is 0.191. The highest BCUT2D eigenvalue weighted by atomic mass is 16.5. The molecule has 1 N–H and O–H groups in total. The van der Waals surface area contributed by atoms with Crippen molar-refractivity contribution < 1.29 is 19.4 Å². The van der Waals surface area contributed by atoms with E-state index < -0.39 is 5.97 Å². The van der Waals surface area contributed by atoms with Gasteiger partial charge in [0.2, 0.25) is 5.91 Å². The summed E-state index contributed by atoms with van der Waals surface area (Å²) >= 11 is 0. The van der Waals surface area contributed by atoms with E-state index in [9.17, 15) is 9.59 Å². The maximum absolute atomic E-state index is 11.6. The zero-order valence-corrected chi connectivity index (χ0v) is 10.7. The summed E-state index contributed by atoms with van der Waals surface area (Å²) in [5.41, 5.74) is 0.235. The smallest absolute Gasteiger partial charge is 0.335 e. The van der Waals surface area contributed by atoms with E-state index in [-0.39, 0.29) is 11.5 Å². The van der Waals surface area contributed by atoms with Crippen molar-refractivity contribution in [3.05, 3.63) is 29.8 Å². The summed E-state index contributed by atoms with van der Waals surface area (Å²) in [6.45, 7) is 1.82. The van der Waals surface area contributed by atoms with Crippen LogP contribution < -0.4 is 4.74 Å². The molecule has 0 spiro atoms. The second-order valence-electron chi connectivity index (χ2n) is 4.52. The molecule has 0 bridgehead atoms. The molecule has 5 heteroatoms. The van der Waals surface area contributed by atoms with Crippen molar-refractivity contribution >= 4 is 11.9 Å². The maximum Gasteiger partial charge on any atom is 0.335 e. The van der Waals surface area contributed by atoms with Gasteiger partial charge in [0.25, 0.3) is 0 Å². The van der Waals surface area contributed by atoms with E-state index in [4.69, 9.17) is 9.84 Å². The Morgan fingerprint density at radius 1 is 1.26 bits per heavy atom. The number of aromatic carboxylic acids is 1. The molecule has 2 rings (SSSR count). The average Bonchev–Trinajstić information content (AvgIpc) is 2.41. The Bertz CT molecular complexity index is 455. The number of carboxylic acid groups (broad SMARTS) is 1. The Morgan fingerprint density at radius 2 is 2.00 bits per heavy atom. The van der Waals surface area contributed by atoms with Crippen molar-refractivity contribution in [1.82, 2.24) is 4.90 Å². The van der Waals surface area contributed by atoms with Crippen molar-refractivity contribution in [2.24, 2.45) is 0 Å². The fourth-order valence-electron chi connectivity index (χ4n) is 2.07. The number of rotatable bonds is 5. The lowest BCUT2D eigenvalue weighted by Gasteiger charge is -2.26. The molecule has 1 saturated heterocycles. The van der Waals surface area contributed by atoms with E-state index in [0.717, 1.165) is 19.4 Å². The SMILES string of the molecule is O=C(O)c1ccc(OCCN2CCCCC2=O)cc1. The summed E-state index contributed by atoms with van der Waals surface area (Å²) in [5.74, 6) is -0.143. The number of carboxylic acids is 1. The molecular weight excluding hydrogens is 246 g/mol. The van der Waals surface area contributed by atoms with Crippen LogP contribution in [0.4, 0.5) is 0 Å². The number of benzene rings is 1. The molecule has 0 aromatic heterocycles. The van der Waals surface area contributed by atoms with Crippen molar-refractivity contribution in [3.8, 4) is 5.75 Å². The molecule has 1 heterocycles. The number of piperidine rings is 1. The average molecular weight is 263 g/mol. The van der Waals surface area contributed by atoms with Gasteiger partial charge in [-0.1, -0.05) is 0 Å². The van der Waals surface area contributed by atoms with Gasteiger partial charge in [0.1, 0.15) is 12.4 Å². The van der Waals surface area contributed by atoms with Gasteiger partial charge in [-0.25, -0.2) is 4.79 Å². The molecule has 102 valence electrons. The van der Waals surface area contributed by atoms with Crippen LogP contribution in [-0.2, 0) is 4.79 Å². The minimum Gasteiger partial charge on any atom is -0.492 e. The van der Waals surface area contributed by atoms with Crippen LogP contribution in [0, 0.1) is 0 Å². The molecule has 0 unspecified atom stereocenters. The standard InChI is InChI=1S/C14H17NO4/c16-13-3-1-2-8-15(13)9-10-19-12-6-4-11(5-7-12)14(17)18/h4-7H,1-3,8-10H2,(H,17,18). The van der Waals surface area contributed by atoms with Crippen LogP contribution in [0.15, 0.2) is 24.3 Å². The summed E-state index contributed by atoms with van der Waals surface area (Å²) in [5, 5.41) is 8.77. The molecule has 1 aliphatic rings. The molecule has 5 nitrogen and oxygen atoms in total. The van der Waals surface area contributed by atoms with Gasteiger partial charge < -0.3 is 14.7 Å². The predicted octanol–water partition coefficient (Wildman–Crippen LogP) is 1.78. The second-order valence-corrected chi connectivity index (χ2v) is 4.52. The number of likely N-dealkylation sites (tertiary alicyclic amines) is 1. The van der Waals surface area contributed by atoms with Crippen LogP contribution in [0.3, 0.4) is 0 Å². The summed E-state index contributed by atoms with van der Waals surface area (Å²) in [4.78, 5) is 24.1. The van der Waals surface area contributed by atoms with Crippen molar-refractivity contribution in [3.63, 3.8) is 0 Å². The quantitative estimate of drug-likeness (QED) is 0.879. The zero-order chi connectivity index (χ0) is 13.7. The van der Waals surface area contributed by atoms with E-state index >= 15 is 0 Å². The third-order valence-corrected chi connectivity index (χ3v) is 3.15. The first-order valence-electron chi connectivity index (χ1n) is 6.41. The molecule has 0 saturated carbocycles. The van der Waals surface area contributed by atoms with Gasteiger partial charge in [0.15, 0.2) is 0 Å². The molecule has 1 amide bonds. The van der Waals surface area contributed by atoms with Crippen molar-refractivity contribution in [1.29, 1.82) is 0 Å². The van der Waals surface area contributed by atoms with Gasteiger partial charge in [0, 0.05) is 13.0 Å². The summed E-state index contributed by atoms with van der Waals surface area (Å²) in [7, 11) is 0. The summed E-state index contributed by atoms with van der Waals surface area (Å²) in [6, 6.07) is 6.26. The Kier molecular flexibility index (Phi) is 4.39. The van der Waals surface area contributed by atoms with Gasteiger partial charge in [-0.05, 0) is 37.1 Å². The summed E-state index contributed by atoms with van der Waals surface area (Å²) in [6.07, 6.45) is 2.67. The molecule has 0 aliphatic carbocycles. The van der Waals surface area contributed by atoms with Crippen LogP contribution in [0.5, 0.6) is 5.75 Å². The third-order valence-electron chi connectivity index (χ3n) is 3.15. The number of hydrogen-bond acceptors (Lipinski definition) is 3. The highest BCUT2D eigenvalue weighted by Gasteiger charge is 2.17. The Hall–Kier alpha value is -2.04. The van der Waals surface area contributed by atoms with E-state index in [1.165, 1.54) is 12.1 Å². The lowest BCUT2D eigenvalue weighted by atomic mass is 10.1. The van der Waals surface area contributed by atoms with Crippen LogP contribution >= 0.6 is 0 Å². The van der Waals surface area contributed by atoms with Crippen molar-refractivity contribution in [2.75, 3.05) is 19.7 Å². The van der Waals surface area contributed by atoms with E-state index in [1.54, 1.807) is 12.1 Å². The number of hydrogen-bond donors (Lipinski definition) is 1. The number of amides is 1. The fraction of sp³-hybridized carbons (Fsp3) is 0.429. The molecule has 1 aliphatic heterocycles. The van der Waals surface area contributed by atoms with Crippen LogP contribution in [0.25, 0.3) is 0 Å². The molecule has 1 fully saturated rings. The molecule has 0 radical (unpaired) electrons. The predicted molar refractivity (Wildman–Crippen MR) is 69.3 cm³/mol. The second kappa shape index (κ2) is 6.22. The van der Waals surface area contributed by atoms with Gasteiger partial charge >= 0.3 is 5.97 Å². The number of ether oxygens (including phenoxy) is 1. The lowest BCUT2D eigenvalue weighted by molar-refractivity contribution is -0.133. The Labute approximate surface area is 111 Å². The number of nitrogens with zero attached hydrogens (tertiary/aromatic N) is 1. The highest BCUT2D eigenvalue weighted by Crippen LogP contribution is 2.13. The monoisotopic (exact) mass is 263 g/mol. The zero-order valence-electron chi connectivity index (χ0n) is 10.7. The van der Waals surface area contributed by atoms with Gasteiger partial charge in [-0.2, -0.15) is 0 Å². The van der Waals surface area contributed by atoms with E-state index in [0.29, 0.717) is 25.3 Å². The number of carbonyl (C=O) groups is 2. The number of carbonyl (C=O) groups excluding carboxylic acids is 1. The normalized spacial score (nSPS) is 15.4. The topological polar surface area (TPSA) is 66.8 Å². The van der Waals surface area contributed by atoms with Crippen molar-refractivity contribution in [2.45, 2.75) is 19.3 Å². The van der Waals surface area contributed by atoms with E-state index in [1.807, 2.05) is 4.90 Å². The first-order valence-corrected chi connectivity index (χ1v) is 6.41. The maximum atomic E-state index is 11.6. The van der Waals surface area contributed by atoms with Crippen LogP contribution in [-0.4, -0.2) is 41.6 Å². The first-order chi connectivity index (χ1) is 9.16. The molecule has 19 heavy (non-hydrogen) atoms. The van der Waals surface area contributed by atoms with Gasteiger partial charge in [0.05, 0.1) is 12.1 Å². The molecule has 0 atom stereocenters. The molecule has 1 aromatic rings. The lowest BCUT2D eigenvalue weighted by Crippen LogP contribution is -2.38. The molecular formula is C14H17NO4. The Balaban J connectivity index is 1.79. The minimum atomic E-state index is -0.953. The van der Waals surface area contributed by atoms with Crippen LogP contribution in [0.2, 0.25) is 0 Å². The fourth-order valence-corrected chi connectivity index (χ4v) is 2.07. The van der Waals surface area contributed by atoms with Gasteiger partial charge in [-0.3, -0.25) is 4.79 Å². The highest BCUT2D eigenvalue weighted by molar-refractivity contribution is 5.87. The van der Waals surface area contributed by atoms with Gasteiger partial charge in [-0.15, -0.1) is 0 Å². The van der Waals surface area contributed by atoms with Crippen LogP contribution in [0.1, 0.15) is 29.6 Å². The summed E-state index contributed by atoms with van der Waals surface area (Å²) < 4.78 is 5.50. The molecule has 1 aromatic carbocycles. The third kappa shape index (κ3) is 3.71.